The van der Waals surface area contributed by atoms with Crippen LogP contribution in [-0.2, 0) is 0 Å². The van der Waals surface area contributed by atoms with Crippen molar-refractivity contribution < 1.29 is 0 Å². The van der Waals surface area contributed by atoms with Crippen LogP contribution in [0.1, 0.15) is 335 Å². The Morgan fingerprint density at radius 2 is 0.352 bits per heavy atom. The lowest BCUT2D eigenvalue weighted by Crippen LogP contribution is -2.01. The van der Waals surface area contributed by atoms with Gasteiger partial charge in [0.2, 0.25) is 0 Å². The Kier molecular flexibility index (Phi) is 51.0. The third-order valence-electron chi connectivity index (χ3n) is 13.0. The van der Waals surface area contributed by atoms with E-state index in [4.69, 9.17) is 0 Å². The van der Waals surface area contributed by atoms with Gasteiger partial charge in [0.05, 0.1) is 0 Å². The molecule has 0 aromatic heterocycles. The SMILES string of the molecule is [CH2]CCCCCC(CCCCCCCCCCCCCCCCCCCCC)CCCCCCCCCCCCCCCCCCCCCCCCCC. The highest BCUT2D eigenvalue weighted by atomic mass is 14.1. The van der Waals surface area contributed by atoms with Crippen molar-refractivity contribution in [2.24, 2.45) is 5.92 Å². The smallest absolute Gasteiger partial charge is 0.0414 e. The van der Waals surface area contributed by atoms with E-state index < -0.39 is 0 Å². The first-order valence-electron chi connectivity index (χ1n) is 26.6. The minimum Gasteiger partial charge on any atom is -0.0654 e. The van der Waals surface area contributed by atoms with Crippen molar-refractivity contribution in [1.29, 1.82) is 0 Å². The number of hydrogen-bond donors (Lipinski definition) is 0. The van der Waals surface area contributed by atoms with Crippen LogP contribution < -0.4 is 0 Å². The lowest BCUT2D eigenvalue weighted by molar-refractivity contribution is 0.366. The molecule has 54 heavy (non-hydrogen) atoms. The summed E-state index contributed by atoms with van der Waals surface area (Å²) in [5.74, 6) is 1.01. The molecule has 0 aliphatic rings. The van der Waals surface area contributed by atoms with E-state index in [0.717, 1.165) is 12.3 Å². The Hall–Kier alpha value is 0. The molecule has 1 unspecified atom stereocenters. The first kappa shape index (κ1) is 54.0. The fourth-order valence-corrected chi connectivity index (χ4v) is 9.13. The van der Waals surface area contributed by atoms with Crippen LogP contribution in [0, 0.1) is 12.8 Å². The predicted octanol–water partition coefficient (Wildman–Crippen LogP) is 21.0. The van der Waals surface area contributed by atoms with E-state index in [0.29, 0.717) is 0 Å². The summed E-state index contributed by atoms with van der Waals surface area (Å²) < 4.78 is 0. The quantitative estimate of drug-likeness (QED) is 0.0542. The highest BCUT2D eigenvalue weighted by Crippen LogP contribution is 2.25. The summed E-state index contributed by atoms with van der Waals surface area (Å²) in [6.45, 7) is 8.70. The van der Waals surface area contributed by atoms with Gasteiger partial charge in [0, 0.05) is 0 Å². The van der Waals surface area contributed by atoms with Crippen LogP contribution in [0.25, 0.3) is 0 Å². The fourth-order valence-electron chi connectivity index (χ4n) is 9.13. The fraction of sp³-hybridized carbons (Fsp3) is 0.981. The molecule has 0 aliphatic carbocycles. The van der Waals surface area contributed by atoms with Gasteiger partial charge in [-0.05, 0) is 5.92 Å². The van der Waals surface area contributed by atoms with Gasteiger partial charge >= 0.3 is 0 Å². The van der Waals surface area contributed by atoms with E-state index >= 15 is 0 Å². The molecule has 0 spiro atoms. The van der Waals surface area contributed by atoms with Crippen LogP contribution in [-0.4, -0.2) is 0 Å². The highest BCUT2D eigenvalue weighted by molar-refractivity contribution is 4.63. The molecule has 0 aromatic rings. The molecule has 0 bridgehead atoms. The molecule has 0 rings (SSSR count). The maximum Gasteiger partial charge on any atom is -0.0414 e. The van der Waals surface area contributed by atoms with Gasteiger partial charge < -0.3 is 0 Å². The van der Waals surface area contributed by atoms with Crippen LogP contribution in [0.2, 0.25) is 0 Å². The second-order valence-electron chi connectivity index (χ2n) is 18.6. The molecule has 0 saturated heterocycles. The number of unbranched alkanes of at least 4 members (excludes halogenated alkanes) is 44. The van der Waals surface area contributed by atoms with Crippen molar-refractivity contribution in [3.8, 4) is 0 Å². The van der Waals surface area contributed by atoms with E-state index in [2.05, 4.69) is 20.8 Å². The average Bonchev–Trinajstić information content (AvgIpc) is 3.18. The first-order valence-corrected chi connectivity index (χ1v) is 26.6. The summed E-state index contributed by atoms with van der Waals surface area (Å²) >= 11 is 0. The zero-order valence-corrected chi connectivity index (χ0v) is 38.6. The first-order chi connectivity index (χ1) is 26.8. The zero-order valence-electron chi connectivity index (χ0n) is 38.6. The largest absolute Gasteiger partial charge is 0.0654 e. The third-order valence-corrected chi connectivity index (χ3v) is 13.0. The van der Waals surface area contributed by atoms with Crippen molar-refractivity contribution in [2.75, 3.05) is 0 Å². The van der Waals surface area contributed by atoms with Crippen LogP contribution in [0.15, 0.2) is 0 Å². The van der Waals surface area contributed by atoms with E-state index in [1.807, 2.05) is 0 Å². The molecule has 325 valence electrons. The van der Waals surface area contributed by atoms with E-state index in [9.17, 15) is 0 Å². The van der Waals surface area contributed by atoms with Crippen LogP contribution >= 0.6 is 0 Å². The lowest BCUT2D eigenvalue weighted by atomic mass is 9.89. The molecule has 1 radical (unpaired) electrons. The third kappa shape index (κ3) is 48.1. The van der Waals surface area contributed by atoms with Gasteiger partial charge in [-0.15, -0.1) is 0 Å². The standard InChI is InChI=1S/C54H109/c1-4-7-10-13-15-17-19-21-23-25-27-28-29-30-31-33-35-37-39-41-43-45-47-50-53-54(51-48-12-9-6-3)52-49-46-44-42-40-38-36-34-32-26-24-22-20-18-16-14-11-8-5-2/h54H,3-53H2,1-2H3. The summed E-state index contributed by atoms with van der Waals surface area (Å²) in [5, 5.41) is 0. The number of rotatable bonds is 50. The summed E-state index contributed by atoms with van der Waals surface area (Å²) in [7, 11) is 0. The molecule has 0 amide bonds. The monoisotopic (exact) mass is 758 g/mol. The van der Waals surface area contributed by atoms with Gasteiger partial charge in [0.25, 0.3) is 0 Å². The molecule has 0 saturated carbocycles. The lowest BCUT2D eigenvalue weighted by Gasteiger charge is -2.17. The zero-order chi connectivity index (χ0) is 38.9. The molecule has 0 heteroatoms. The molecular formula is C54H109. The summed E-state index contributed by atoms with van der Waals surface area (Å²) in [6, 6.07) is 0. The molecule has 0 heterocycles. The van der Waals surface area contributed by atoms with Gasteiger partial charge in [-0.3, -0.25) is 0 Å². The highest BCUT2D eigenvalue weighted by Gasteiger charge is 2.09. The second kappa shape index (κ2) is 51.0. The van der Waals surface area contributed by atoms with Gasteiger partial charge in [-0.2, -0.15) is 0 Å². The topological polar surface area (TPSA) is 0 Å². The Bertz CT molecular complexity index is 607. The minimum atomic E-state index is 1.01. The maximum absolute atomic E-state index is 4.07. The van der Waals surface area contributed by atoms with Crippen LogP contribution in [0.5, 0.6) is 0 Å². The van der Waals surface area contributed by atoms with E-state index in [-0.39, 0.29) is 0 Å². The van der Waals surface area contributed by atoms with Gasteiger partial charge in [0.15, 0.2) is 0 Å². The molecule has 1 atom stereocenters. The Labute approximate surface area is 346 Å². The van der Waals surface area contributed by atoms with Crippen molar-refractivity contribution >= 4 is 0 Å². The molecule has 0 fully saturated rings. The Morgan fingerprint density at radius 3 is 0.519 bits per heavy atom. The maximum atomic E-state index is 4.07. The van der Waals surface area contributed by atoms with Crippen LogP contribution in [0.4, 0.5) is 0 Å². The molecular weight excluding hydrogens is 649 g/mol. The Balaban J connectivity index is 3.52. The number of hydrogen-bond acceptors (Lipinski definition) is 0. The van der Waals surface area contributed by atoms with Gasteiger partial charge in [-0.25, -0.2) is 0 Å². The van der Waals surface area contributed by atoms with Crippen molar-refractivity contribution in [3.05, 3.63) is 6.92 Å². The average molecular weight is 758 g/mol. The normalized spacial score (nSPS) is 12.3. The predicted molar refractivity (Wildman–Crippen MR) is 251 cm³/mol. The van der Waals surface area contributed by atoms with Crippen LogP contribution in [0.3, 0.4) is 0 Å². The molecule has 0 nitrogen and oxygen atoms in total. The summed E-state index contributed by atoms with van der Waals surface area (Å²) in [6.07, 6.45) is 73.6. The second-order valence-corrected chi connectivity index (χ2v) is 18.6. The van der Waals surface area contributed by atoms with Gasteiger partial charge in [-0.1, -0.05) is 342 Å². The van der Waals surface area contributed by atoms with Crippen molar-refractivity contribution in [1.82, 2.24) is 0 Å². The molecule has 0 N–H and O–H groups in total. The molecule has 0 aromatic carbocycles. The van der Waals surface area contributed by atoms with E-state index in [1.54, 1.807) is 0 Å². The summed E-state index contributed by atoms with van der Waals surface area (Å²) in [5.41, 5.74) is 0. The Morgan fingerprint density at radius 1 is 0.204 bits per heavy atom. The van der Waals surface area contributed by atoms with Crippen molar-refractivity contribution in [2.45, 2.75) is 335 Å². The van der Waals surface area contributed by atoms with Crippen molar-refractivity contribution in [3.63, 3.8) is 0 Å². The summed E-state index contributed by atoms with van der Waals surface area (Å²) in [4.78, 5) is 0. The molecule has 0 aliphatic heterocycles. The van der Waals surface area contributed by atoms with E-state index in [1.165, 1.54) is 315 Å². The minimum absolute atomic E-state index is 1.01. The van der Waals surface area contributed by atoms with Gasteiger partial charge in [0.1, 0.15) is 0 Å².